The second kappa shape index (κ2) is 7.16. The van der Waals surface area contributed by atoms with E-state index >= 15 is 0 Å². The first-order valence-corrected chi connectivity index (χ1v) is 9.93. The minimum atomic E-state index is -3.41. The molecule has 0 atom stereocenters. The molecule has 0 spiro atoms. The van der Waals surface area contributed by atoms with Crippen LogP contribution in [0.5, 0.6) is 0 Å². The molecule has 1 aromatic heterocycles. The van der Waals surface area contributed by atoms with E-state index in [0.29, 0.717) is 31.7 Å². The summed E-state index contributed by atoms with van der Waals surface area (Å²) in [6.07, 6.45) is 1.73. The van der Waals surface area contributed by atoms with E-state index in [1.54, 1.807) is 6.20 Å². The average molecular weight is 414 g/mol. The molecule has 1 aliphatic heterocycles. The maximum atomic E-state index is 12.9. The molecule has 8 heteroatoms. The summed E-state index contributed by atoms with van der Waals surface area (Å²) in [5.41, 5.74) is 0.591. The smallest absolute Gasteiger partial charge is 0.218 e. The van der Waals surface area contributed by atoms with Crippen LogP contribution in [-0.2, 0) is 15.8 Å². The summed E-state index contributed by atoms with van der Waals surface area (Å²) in [5, 5.41) is 0. The van der Waals surface area contributed by atoms with Crippen LogP contribution < -0.4 is 4.90 Å². The van der Waals surface area contributed by atoms with E-state index in [-0.39, 0.29) is 11.6 Å². The van der Waals surface area contributed by atoms with Crippen LogP contribution in [0, 0.1) is 5.82 Å². The number of hydrogen-bond donors (Lipinski definition) is 0. The number of piperazine rings is 1. The van der Waals surface area contributed by atoms with Crippen LogP contribution in [0.4, 0.5) is 10.2 Å². The number of hydrogen-bond acceptors (Lipinski definition) is 4. The summed E-state index contributed by atoms with van der Waals surface area (Å²) in [4.78, 5) is 6.41. The molecule has 1 saturated heterocycles. The maximum Gasteiger partial charge on any atom is 0.218 e. The van der Waals surface area contributed by atoms with Crippen LogP contribution in [0.2, 0.25) is 0 Å². The van der Waals surface area contributed by atoms with Gasteiger partial charge >= 0.3 is 0 Å². The van der Waals surface area contributed by atoms with E-state index in [4.69, 9.17) is 0 Å². The predicted octanol–water partition coefficient (Wildman–Crippen LogP) is 2.64. The number of halogens is 2. The monoisotopic (exact) mass is 413 g/mol. The Morgan fingerprint density at radius 1 is 1.04 bits per heavy atom. The van der Waals surface area contributed by atoms with Gasteiger partial charge in [0.1, 0.15) is 11.6 Å². The van der Waals surface area contributed by atoms with Gasteiger partial charge in [0, 0.05) is 36.8 Å². The van der Waals surface area contributed by atoms with Crippen LogP contribution in [0.15, 0.2) is 47.1 Å². The molecule has 0 amide bonds. The van der Waals surface area contributed by atoms with E-state index in [1.807, 2.05) is 12.1 Å². The molecule has 0 saturated carbocycles. The van der Waals surface area contributed by atoms with Crippen molar-refractivity contribution >= 4 is 31.8 Å². The number of pyridine rings is 1. The van der Waals surface area contributed by atoms with Crippen molar-refractivity contribution in [1.29, 1.82) is 0 Å². The Hall–Kier alpha value is -1.51. The first-order valence-electron chi connectivity index (χ1n) is 7.53. The van der Waals surface area contributed by atoms with Crippen molar-refractivity contribution in [2.24, 2.45) is 0 Å². The second-order valence-electron chi connectivity index (χ2n) is 5.60. The molecule has 0 bridgehead atoms. The highest BCUT2D eigenvalue weighted by Crippen LogP contribution is 2.19. The molecule has 1 aromatic carbocycles. The Kier molecular flexibility index (Phi) is 5.17. The Bertz CT molecular complexity index is 789. The fraction of sp³-hybridized carbons (Fsp3) is 0.312. The van der Waals surface area contributed by atoms with Crippen molar-refractivity contribution in [1.82, 2.24) is 9.29 Å². The Morgan fingerprint density at radius 3 is 2.29 bits per heavy atom. The lowest BCUT2D eigenvalue weighted by atomic mass is 10.2. The van der Waals surface area contributed by atoms with E-state index in [9.17, 15) is 12.8 Å². The third kappa shape index (κ3) is 4.12. The highest BCUT2D eigenvalue weighted by Gasteiger charge is 2.27. The van der Waals surface area contributed by atoms with Gasteiger partial charge in [0.05, 0.1) is 5.75 Å². The summed E-state index contributed by atoms with van der Waals surface area (Å²) >= 11 is 3.35. The highest BCUT2D eigenvalue weighted by atomic mass is 79.9. The molecule has 3 rings (SSSR count). The molecule has 1 aliphatic rings. The van der Waals surface area contributed by atoms with Crippen LogP contribution in [-0.4, -0.2) is 43.9 Å². The van der Waals surface area contributed by atoms with Gasteiger partial charge < -0.3 is 4.90 Å². The van der Waals surface area contributed by atoms with Gasteiger partial charge in [-0.05, 0) is 45.8 Å². The summed E-state index contributed by atoms with van der Waals surface area (Å²) in [5.74, 6) is 0.365. The Labute approximate surface area is 149 Å². The molecule has 128 valence electrons. The topological polar surface area (TPSA) is 53.5 Å². The van der Waals surface area contributed by atoms with Crippen molar-refractivity contribution < 1.29 is 12.8 Å². The van der Waals surface area contributed by atoms with E-state index in [1.165, 1.54) is 28.6 Å². The van der Waals surface area contributed by atoms with Gasteiger partial charge in [0.25, 0.3) is 0 Å². The van der Waals surface area contributed by atoms with Crippen molar-refractivity contribution in [3.05, 3.63) is 58.4 Å². The SMILES string of the molecule is O=S(=O)(Cc1ccc(F)cc1)N1CCN(c2ccc(Br)cn2)CC1. The highest BCUT2D eigenvalue weighted by molar-refractivity contribution is 9.10. The van der Waals surface area contributed by atoms with Gasteiger partial charge in [-0.25, -0.2) is 17.8 Å². The first kappa shape index (κ1) is 17.3. The zero-order valence-corrected chi connectivity index (χ0v) is 15.3. The van der Waals surface area contributed by atoms with E-state index in [0.717, 1.165) is 10.3 Å². The van der Waals surface area contributed by atoms with Crippen LogP contribution in [0.3, 0.4) is 0 Å². The quantitative estimate of drug-likeness (QED) is 0.772. The van der Waals surface area contributed by atoms with Gasteiger partial charge in [-0.2, -0.15) is 4.31 Å². The summed E-state index contributed by atoms with van der Waals surface area (Å²) < 4.78 is 40.4. The van der Waals surface area contributed by atoms with Crippen LogP contribution in [0.25, 0.3) is 0 Å². The molecule has 24 heavy (non-hydrogen) atoms. The minimum absolute atomic E-state index is 0.107. The molecule has 0 N–H and O–H groups in total. The normalized spacial score (nSPS) is 16.3. The zero-order chi connectivity index (χ0) is 17.2. The van der Waals surface area contributed by atoms with Crippen molar-refractivity contribution in [3.63, 3.8) is 0 Å². The first-order chi connectivity index (χ1) is 11.4. The molecule has 0 aliphatic carbocycles. The number of aromatic nitrogens is 1. The lowest BCUT2D eigenvalue weighted by Gasteiger charge is -2.34. The lowest BCUT2D eigenvalue weighted by molar-refractivity contribution is 0.383. The molecular weight excluding hydrogens is 397 g/mol. The Morgan fingerprint density at radius 2 is 1.71 bits per heavy atom. The average Bonchev–Trinajstić information content (AvgIpc) is 2.58. The van der Waals surface area contributed by atoms with Gasteiger partial charge in [0.15, 0.2) is 0 Å². The fourth-order valence-corrected chi connectivity index (χ4v) is 4.38. The maximum absolute atomic E-state index is 12.9. The molecule has 2 heterocycles. The molecule has 2 aromatic rings. The second-order valence-corrected chi connectivity index (χ2v) is 8.49. The van der Waals surface area contributed by atoms with Crippen molar-refractivity contribution in [2.75, 3.05) is 31.1 Å². The third-order valence-electron chi connectivity index (χ3n) is 3.93. The zero-order valence-electron chi connectivity index (χ0n) is 12.9. The number of nitrogens with zero attached hydrogens (tertiary/aromatic N) is 3. The molecule has 1 fully saturated rings. The van der Waals surface area contributed by atoms with Crippen molar-refractivity contribution in [2.45, 2.75) is 5.75 Å². The molecule has 0 unspecified atom stereocenters. The standard InChI is InChI=1S/C16H17BrFN3O2S/c17-14-3-6-16(19-11-14)20-7-9-21(10-8-20)24(22,23)12-13-1-4-15(18)5-2-13/h1-6,11H,7-10,12H2. The van der Waals surface area contributed by atoms with E-state index in [2.05, 4.69) is 25.8 Å². The summed E-state index contributed by atoms with van der Waals surface area (Å²) in [6.45, 7) is 2.02. The molecule has 5 nitrogen and oxygen atoms in total. The predicted molar refractivity (Wildman–Crippen MR) is 94.7 cm³/mol. The summed E-state index contributed by atoms with van der Waals surface area (Å²) in [6, 6.07) is 9.40. The van der Waals surface area contributed by atoms with Gasteiger partial charge in [0.2, 0.25) is 10.0 Å². The number of rotatable bonds is 4. The summed E-state index contributed by atoms with van der Waals surface area (Å²) in [7, 11) is -3.41. The number of anilines is 1. The Balaban J connectivity index is 1.62. The largest absolute Gasteiger partial charge is 0.354 e. The van der Waals surface area contributed by atoms with Gasteiger partial charge in [-0.1, -0.05) is 12.1 Å². The van der Waals surface area contributed by atoms with Gasteiger partial charge in [-0.3, -0.25) is 0 Å². The number of benzene rings is 1. The lowest BCUT2D eigenvalue weighted by Crippen LogP contribution is -2.49. The van der Waals surface area contributed by atoms with Crippen LogP contribution >= 0.6 is 15.9 Å². The molecular formula is C16H17BrFN3O2S. The van der Waals surface area contributed by atoms with Crippen LogP contribution in [0.1, 0.15) is 5.56 Å². The fourth-order valence-electron chi connectivity index (χ4n) is 2.63. The van der Waals surface area contributed by atoms with E-state index < -0.39 is 10.0 Å². The van der Waals surface area contributed by atoms with Gasteiger partial charge in [-0.15, -0.1) is 0 Å². The van der Waals surface area contributed by atoms with Crippen molar-refractivity contribution in [3.8, 4) is 0 Å². The third-order valence-corrected chi connectivity index (χ3v) is 6.25. The minimum Gasteiger partial charge on any atom is -0.354 e. The number of sulfonamides is 1. The molecule has 0 radical (unpaired) electrons.